The normalized spacial score (nSPS) is 10.4. The molecule has 0 aliphatic heterocycles. The Morgan fingerprint density at radius 2 is 1.96 bits per heavy atom. The number of carbonyl (C=O) groups is 1. The van der Waals surface area contributed by atoms with Crippen LogP contribution in [0.1, 0.15) is 5.56 Å². The van der Waals surface area contributed by atoms with Crippen LogP contribution in [0, 0.1) is 5.82 Å². The van der Waals surface area contributed by atoms with Gasteiger partial charge in [0, 0.05) is 6.07 Å². The van der Waals surface area contributed by atoms with Gasteiger partial charge in [-0.1, -0.05) is 18.2 Å². The third-order valence-corrected chi connectivity index (χ3v) is 4.26. The lowest BCUT2D eigenvalue weighted by molar-refractivity contribution is -0.120. The fourth-order valence-corrected chi connectivity index (χ4v) is 2.84. The molecule has 0 atom stereocenters. The molecule has 0 fully saturated rings. The second-order valence-corrected chi connectivity index (χ2v) is 6.18. The first kappa shape index (κ1) is 17.0. The maximum Gasteiger partial charge on any atom is 0.233 e. The van der Waals surface area contributed by atoms with Crippen molar-refractivity contribution in [2.45, 2.75) is 6.42 Å². The number of amides is 1. The average Bonchev–Trinajstić information content (AvgIpc) is 3.16. The monoisotopic (exact) mass is 357 g/mol. The molecule has 3 rings (SSSR count). The maximum atomic E-state index is 12.8. The van der Waals surface area contributed by atoms with Gasteiger partial charge in [0.15, 0.2) is 0 Å². The van der Waals surface area contributed by atoms with E-state index in [0.29, 0.717) is 19.0 Å². The standard InChI is InChI=1S/C18H16FN3O2S/c19-14-5-3-13(4-6-14)12-17(23)20-9-10-24-18-8-7-15(21-22-18)16-2-1-11-25-16/h1-8,11H,9-10,12H2,(H,20,23). The van der Waals surface area contributed by atoms with E-state index in [0.717, 1.165) is 16.1 Å². The van der Waals surface area contributed by atoms with E-state index < -0.39 is 0 Å². The molecule has 5 nitrogen and oxygen atoms in total. The zero-order valence-corrected chi connectivity index (χ0v) is 14.1. The van der Waals surface area contributed by atoms with Crippen molar-refractivity contribution >= 4 is 17.2 Å². The molecule has 2 heterocycles. The van der Waals surface area contributed by atoms with Crippen molar-refractivity contribution < 1.29 is 13.9 Å². The zero-order valence-electron chi connectivity index (χ0n) is 13.3. The Kier molecular flexibility index (Phi) is 5.69. The van der Waals surface area contributed by atoms with Crippen LogP contribution < -0.4 is 10.1 Å². The minimum atomic E-state index is -0.316. The van der Waals surface area contributed by atoms with E-state index >= 15 is 0 Å². The number of rotatable bonds is 7. The Morgan fingerprint density at radius 3 is 2.64 bits per heavy atom. The van der Waals surface area contributed by atoms with Gasteiger partial charge >= 0.3 is 0 Å². The van der Waals surface area contributed by atoms with Crippen LogP contribution in [0.2, 0.25) is 0 Å². The highest BCUT2D eigenvalue weighted by molar-refractivity contribution is 7.13. The Balaban J connectivity index is 1.39. The fourth-order valence-electron chi connectivity index (χ4n) is 2.15. The molecule has 0 aliphatic carbocycles. The van der Waals surface area contributed by atoms with E-state index in [1.165, 1.54) is 12.1 Å². The van der Waals surface area contributed by atoms with Crippen molar-refractivity contribution in [1.82, 2.24) is 15.5 Å². The molecule has 3 aromatic rings. The molecule has 25 heavy (non-hydrogen) atoms. The van der Waals surface area contributed by atoms with Gasteiger partial charge in [-0.05, 0) is 35.2 Å². The van der Waals surface area contributed by atoms with Crippen molar-refractivity contribution in [2.75, 3.05) is 13.2 Å². The fraction of sp³-hybridized carbons (Fsp3) is 0.167. The maximum absolute atomic E-state index is 12.8. The van der Waals surface area contributed by atoms with Gasteiger partial charge in [-0.25, -0.2) is 4.39 Å². The van der Waals surface area contributed by atoms with Crippen LogP contribution in [0.4, 0.5) is 4.39 Å². The summed E-state index contributed by atoms with van der Waals surface area (Å²) in [6.45, 7) is 0.649. The second-order valence-electron chi connectivity index (χ2n) is 5.24. The Bertz CT molecular complexity index is 805. The first-order valence-corrected chi connectivity index (χ1v) is 8.60. The minimum Gasteiger partial charge on any atom is -0.475 e. The summed E-state index contributed by atoms with van der Waals surface area (Å²) in [4.78, 5) is 12.8. The van der Waals surface area contributed by atoms with Gasteiger partial charge in [0.1, 0.15) is 18.1 Å². The molecular weight excluding hydrogens is 341 g/mol. The number of aromatic nitrogens is 2. The number of halogens is 1. The van der Waals surface area contributed by atoms with Crippen LogP contribution in [-0.2, 0) is 11.2 Å². The number of hydrogen-bond donors (Lipinski definition) is 1. The molecule has 0 radical (unpaired) electrons. The lowest BCUT2D eigenvalue weighted by Gasteiger charge is -2.07. The van der Waals surface area contributed by atoms with Crippen LogP contribution in [0.15, 0.2) is 53.9 Å². The number of thiophene rings is 1. The number of nitrogens with zero attached hydrogens (tertiary/aromatic N) is 2. The van der Waals surface area contributed by atoms with Gasteiger partial charge in [-0.15, -0.1) is 21.5 Å². The molecule has 0 spiro atoms. The number of benzene rings is 1. The molecule has 1 N–H and O–H groups in total. The zero-order chi connectivity index (χ0) is 17.5. The lowest BCUT2D eigenvalue weighted by atomic mass is 10.1. The largest absolute Gasteiger partial charge is 0.475 e. The number of nitrogens with one attached hydrogen (secondary N) is 1. The summed E-state index contributed by atoms with van der Waals surface area (Å²) < 4.78 is 18.3. The van der Waals surface area contributed by atoms with Gasteiger partial charge in [0.25, 0.3) is 0 Å². The molecule has 0 unspecified atom stereocenters. The highest BCUT2D eigenvalue weighted by Crippen LogP contribution is 2.22. The average molecular weight is 357 g/mol. The topological polar surface area (TPSA) is 64.1 Å². The minimum absolute atomic E-state index is 0.144. The van der Waals surface area contributed by atoms with Crippen molar-refractivity contribution in [3.05, 3.63) is 65.3 Å². The van der Waals surface area contributed by atoms with Crippen LogP contribution >= 0.6 is 11.3 Å². The summed E-state index contributed by atoms with van der Waals surface area (Å²) in [6, 6.07) is 13.4. The summed E-state index contributed by atoms with van der Waals surface area (Å²) in [6.07, 6.45) is 0.204. The Morgan fingerprint density at radius 1 is 1.12 bits per heavy atom. The van der Waals surface area contributed by atoms with E-state index in [9.17, 15) is 9.18 Å². The summed E-state index contributed by atoms with van der Waals surface area (Å²) in [5.41, 5.74) is 1.56. The number of ether oxygens (including phenoxy) is 1. The summed E-state index contributed by atoms with van der Waals surface area (Å²) in [5, 5.41) is 12.9. The molecule has 128 valence electrons. The predicted molar refractivity (Wildman–Crippen MR) is 94.0 cm³/mol. The van der Waals surface area contributed by atoms with Crippen molar-refractivity contribution in [3.63, 3.8) is 0 Å². The van der Waals surface area contributed by atoms with Crippen LogP contribution in [0.25, 0.3) is 10.6 Å². The first-order chi connectivity index (χ1) is 12.2. The summed E-state index contributed by atoms with van der Waals surface area (Å²) >= 11 is 1.60. The molecule has 1 aromatic carbocycles. The molecule has 1 amide bonds. The van der Waals surface area contributed by atoms with E-state index in [1.54, 1.807) is 29.5 Å². The van der Waals surface area contributed by atoms with Gasteiger partial charge in [0.05, 0.1) is 17.8 Å². The molecule has 0 saturated heterocycles. The van der Waals surface area contributed by atoms with E-state index in [4.69, 9.17) is 4.74 Å². The molecule has 2 aromatic heterocycles. The first-order valence-electron chi connectivity index (χ1n) is 7.72. The number of hydrogen-bond acceptors (Lipinski definition) is 5. The molecular formula is C18H16FN3O2S. The highest BCUT2D eigenvalue weighted by atomic mass is 32.1. The summed E-state index contributed by atoms with van der Waals surface area (Å²) in [5.74, 6) is -0.0498. The van der Waals surface area contributed by atoms with Crippen LogP contribution in [0.3, 0.4) is 0 Å². The Labute approximate surface area is 148 Å². The third kappa shape index (κ3) is 5.09. The second kappa shape index (κ2) is 8.34. The van der Waals surface area contributed by atoms with Gasteiger partial charge in [0.2, 0.25) is 11.8 Å². The van der Waals surface area contributed by atoms with Gasteiger partial charge in [-0.2, -0.15) is 0 Å². The molecule has 0 saturated carbocycles. The third-order valence-electron chi connectivity index (χ3n) is 3.37. The molecule has 7 heteroatoms. The lowest BCUT2D eigenvalue weighted by Crippen LogP contribution is -2.29. The smallest absolute Gasteiger partial charge is 0.233 e. The van der Waals surface area contributed by atoms with E-state index in [-0.39, 0.29) is 18.1 Å². The van der Waals surface area contributed by atoms with Crippen molar-refractivity contribution in [3.8, 4) is 16.5 Å². The van der Waals surface area contributed by atoms with E-state index in [1.807, 2.05) is 23.6 Å². The van der Waals surface area contributed by atoms with Crippen molar-refractivity contribution in [2.24, 2.45) is 0 Å². The van der Waals surface area contributed by atoms with Gasteiger partial charge < -0.3 is 10.1 Å². The van der Waals surface area contributed by atoms with Gasteiger partial charge in [-0.3, -0.25) is 4.79 Å². The summed E-state index contributed by atoms with van der Waals surface area (Å²) in [7, 11) is 0. The Hall–Kier alpha value is -2.80. The molecule has 0 aliphatic rings. The SMILES string of the molecule is O=C(Cc1ccc(F)cc1)NCCOc1ccc(-c2cccs2)nn1. The quantitative estimate of drug-likeness (QED) is 0.660. The highest BCUT2D eigenvalue weighted by Gasteiger charge is 2.05. The molecule has 0 bridgehead atoms. The van der Waals surface area contributed by atoms with Crippen molar-refractivity contribution in [1.29, 1.82) is 0 Å². The predicted octanol–water partition coefficient (Wildman–Crippen LogP) is 3.08. The van der Waals surface area contributed by atoms with Crippen LogP contribution in [-0.4, -0.2) is 29.3 Å². The number of carbonyl (C=O) groups excluding carboxylic acids is 1. The van der Waals surface area contributed by atoms with Crippen LogP contribution in [0.5, 0.6) is 5.88 Å². The van der Waals surface area contributed by atoms with E-state index in [2.05, 4.69) is 15.5 Å².